The van der Waals surface area contributed by atoms with E-state index in [2.05, 4.69) is 5.32 Å². The summed E-state index contributed by atoms with van der Waals surface area (Å²) >= 11 is 0. The summed E-state index contributed by atoms with van der Waals surface area (Å²) in [5.74, 6) is -3.31. The van der Waals surface area contributed by atoms with Crippen LogP contribution in [-0.2, 0) is 22.4 Å². The van der Waals surface area contributed by atoms with Gasteiger partial charge in [-0.05, 0) is 36.1 Å². The molecule has 0 bridgehead atoms. The van der Waals surface area contributed by atoms with Gasteiger partial charge in [0, 0.05) is 12.8 Å². The molecule has 1 amide bonds. The number of nitrogens with one attached hydrogen (secondary N) is 1. The van der Waals surface area contributed by atoms with Gasteiger partial charge in [0.2, 0.25) is 5.91 Å². The Bertz CT molecular complexity index is 735. The Morgan fingerprint density at radius 3 is 2.36 bits per heavy atom. The number of aliphatic carboxylic acids is 1. The van der Waals surface area contributed by atoms with Crippen LogP contribution in [-0.4, -0.2) is 23.0 Å². The molecule has 0 aliphatic carbocycles. The molecule has 132 valence electrons. The first-order chi connectivity index (χ1) is 12.0. The second-order valence-electron chi connectivity index (χ2n) is 5.75. The van der Waals surface area contributed by atoms with E-state index in [1.165, 1.54) is 6.07 Å². The van der Waals surface area contributed by atoms with Crippen LogP contribution in [0.3, 0.4) is 0 Å². The number of aryl methyl sites for hydroxylation is 1. The van der Waals surface area contributed by atoms with Gasteiger partial charge in [0.1, 0.15) is 6.04 Å². The largest absolute Gasteiger partial charge is 0.480 e. The molecule has 25 heavy (non-hydrogen) atoms. The maximum absolute atomic E-state index is 13.1. The summed E-state index contributed by atoms with van der Waals surface area (Å²) in [6.07, 6.45) is 1.12. The standard InChI is InChI=1S/C19H19F2NO3/c20-15-10-9-14(11-16(15)21)7-4-8-18(23)22-17(19(24)25)12-13-5-2-1-3-6-13/h1-3,5-6,9-11,17H,4,7-8,12H2,(H,22,23)(H,24,25)/t17-/m1/s1. The Morgan fingerprint density at radius 2 is 1.72 bits per heavy atom. The number of carbonyl (C=O) groups excluding carboxylic acids is 1. The number of hydrogen-bond acceptors (Lipinski definition) is 2. The first-order valence-electron chi connectivity index (χ1n) is 7.95. The van der Waals surface area contributed by atoms with Gasteiger partial charge in [0.05, 0.1) is 0 Å². The third-order valence-corrected chi connectivity index (χ3v) is 3.77. The van der Waals surface area contributed by atoms with Gasteiger partial charge in [-0.2, -0.15) is 0 Å². The van der Waals surface area contributed by atoms with Crippen LogP contribution < -0.4 is 5.32 Å². The molecule has 0 fully saturated rings. The Morgan fingerprint density at radius 1 is 1.00 bits per heavy atom. The van der Waals surface area contributed by atoms with Crippen LogP contribution in [0.1, 0.15) is 24.0 Å². The van der Waals surface area contributed by atoms with E-state index in [1.807, 2.05) is 6.07 Å². The normalized spacial score (nSPS) is 11.8. The minimum Gasteiger partial charge on any atom is -0.480 e. The van der Waals surface area contributed by atoms with Crippen molar-refractivity contribution in [3.05, 3.63) is 71.3 Å². The number of carboxylic acids is 1. The fourth-order valence-electron chi connectivity index (χ4n) is 2.46. The molecule has 6 heteroatoms. The van der Waals surface area contributed by atoms with E-state index in [0.717, 1.165) is 17.7 Å². The molecule has 0 unspecified atom stereocenters. The maximum atomic E-state index is 13.1. The Kier molecular flexibility index (Phi) is 6.62. The second kappa shape index (κ2) is 8.92. The van der Waals surface area contributed by atoms with Crippen molar-refractivity contribution in [1.82, 2.24) is 5.32 Å². The summed E-state index contributed by atoms with van der Waals surface area (Å²) in [5.41, 5.74) is 1.41. The molecule has 0 aliphatic heterocycles. The van der Waals surface area contributed by atoms with Crippen molar-refractivity contribution in [3.63, 3.8) is 0 Å². The summed E-state index contributed by atoms with van der Waals surface area (Å²) in [5, 5.41) is 11.8. The van der Waals surface area contributed by atoms with Crippen LogP contribution in [0.15, 0.2) is 48.5 Å². The third kappa shape index (κ3) is 5.99. The number of halogens is 2. The molecule has 2 aromatic rings. The van der Waals surface area contributed by atoms with E-state index in [4.69, 9.17) is 0 Å². The van der Waals surface area contributed by atoms with Crippen LogP contribution in [0, 0.1) is 11.6 Å². The molecule has 4 nitrogen and oxygen atoms in total. The molecule has 0 radical (unpaired) electrons. The average molecular weight is 347 g/mol. The smallest absolute Gasteiger partial charge is 0.326 e. The highest BCUT2D eigenvalue weighted by Gasteiger charge is 2.20. The number of hydrogen-bond donors (Lipinski definition) is 2. The third-order valence-electron chi connectivity index (χ3n) is 3.77. The predicted molar refractivity (Wildman–Crippen MR) is 89.0 cm³/mol. The molecule has 0 saturated carbocycles. The molecule has 2 N–H and O–H groups in total. The second-order valence-corrected chi connectivity index (χ2v) is 5.75. The zero-order valence-corrected chi connectivity index (χ0v) is 13.5. The van der Waals surface area contributed by atoms with E-state index in [1.54, 1.807) is 24.3 Å². The number of amides is 1. The number of carbonyl (C=O) groups is 2. The highest BCUT2D eigenvalue weighted by Crippen LogP contribution is 2.11. The lowest BCUT2D eigenvalue weighted by atomic mass is 10.0. The zero-order chi connectivity index (χ0) is 18.2. The molecule has 2 rings (SSSR count). The Balaban J connectivity index is 1.82. The first kappa shape index (κ1) is 18.6. The minimum atomic E-state index is -1.10. The lowest BCUT2D eigenvalue weighted by molar-refractivity contribution is -0.141. The SMILES string of the molecule is O=C(CCCc1ccc(F)c(F)c1)N[C@H](Cc1ccccc1)C(=O)O. The van der Waals surface area contributed by atoms with E-state index >= 15 is 0 Å². The molecule has 0 aliphatic rings. The zero-order valence-electron chi connectivity index (χ0n) is 13.5. The molecular weight excluding hydrogens is 328 g/mol. The van der Waals surface area contributed by atoms with Crippen LogP contribution in [0.5, 0.6) is 0 Å². The monoisotopic (exact) mass is 347 g/mol. The summed E-state index contributed by atoms with van der Waals surface area (Å²) in [4.78, 5) is 23.3. The van der Waals surface area contributed by atoms with Crippen LogP contribution in [0.4, 0.5) is 8.78 Å². The highest BCUT2D eigenvalue weighted by molar-refractivity contribution is 5.83. The molecule has 0 spiro atoms. The van der Waals surface area contributed by atoms with Crippen molar-refractivity contribution >= 4 is 11.9 Å². The van der Waals surface area contributed by atoms with Crippen molar-refractivity contribution in [3.8, 4) is 0 Å². The number of carboxylic acid groups (broad SMARTS) is 1. The van der Waals surface area contributed by atoms with Crippen molar-refractivity contribution in [1.29, 1.82) is 0 Å². The van der Waals surface area contributed by atoms with E-state index in [9.17, 15) is 23.5 Å². The molecule has 2 aromatic carbocycles. The molecule has 0 heterocycles. The molecule has 1 atom stereocenters. The quantitative estimate of drug-likeness (QED) is 0.771. The fourth-order valence-corrected chi connectivity index (χ4v) is 2.46. The number of benzene rings is 2. The van der Waals surface area contributed by atoms with Gasteiger partial charge in [-0.3, -0.25) is 4.79 Å². The summed E-state index contributed by atoms with van der Waals surface area (Å²) in [6, 6.07) is 11.6. The molecular formula is C19H19F2NO3. The van der Waals surface area contributed by atoms with E-state index in [0.29, 0.717) is 18.4 Å². The van der Waals surface area contributed by atoms with Gasteiger partial charge >= 0.3 is 5.97 Å². The summed E-state index contributed by atoms with van der Waals surface area (Å²) in [6.45, 7) is 0. The van der Waals surface area contributed by atoms with Gasteiger partial charge in [-0.1, -0.05) is 36.4 Å². The average Bonchev–Trinajstić information content (AvgIpc) is 2.58. The van der Waals surface area contributed by atoms with Gasteiger partial charge in [0.25, 0.3) is 0 Å². The molecule has 0 aromatic heterocycles. The topological polar surface area (TPSA) is 66.4 Å². The van der Waals surface area contributed by atoms with Gasteiger partial charge in [-0.25, -0.2) is 13.6 Å². The minimum absolute atomic E-state index is 0.109. The molecule has 0 saturated heterocycles. The lowest BCUT2D eigenvalue weighted by Crippen LogP contribution is -2.42. The van der Waals surface area contributed by atoms with Crippen molar-refractivity contribution in [2.24, 2.45) is 0 Å². The maximum Gasteiger partial charge on any atom is 0.326 e. The summed E-state index contributed by atoms with van der Waals surface area (Å²) < 4.78 is 26.0. The van der Waals surface area contributed by atoms with E-state index in [-0.39, 0.29) is 18.7 Å². The van der Waals surface area contributed by atoms with Gasteiger partial charge < -0.3 is 10.4 Å². The first-order valence-corrected chi connectivity index (χ1v) is 7.95. The van der Waals surface area contributed by atoms with Crippen LogP contribution >= 0.6 is 0 Å². The van der Waals surface area contributed by atoms with Gasteiger partial charge in [-0.15, -0.1) is 0 Å². The van der Waals surface area contributed by atoms with Crippen LogP contribution in [0.2, 0.25) is 0 Å². The van der Waals surface area contributed by atoms with Crippen molar-refractivity contribution < 1.29 is 23.5 Å². The van der Waals surface area contributed by atoms with Crippen LogP contribution in [0.25, 0.3) is 0 Å². The lowest BCUT2D eigenvalue weighted by Gasteiger charge is -2.14. The predicted octanol–water partition coefficient (Wildman–Crippen LogP) is 3.10. The fraction of sp³-hybridized carbons (Fsp3) is 0.263. The summed E-state index contributed by atoms with van der Waals surface area (Å²) in [7, 11) is 0. The highest BCUT2D eigenvalue weighted by atomic mass is 19.2. The number of rotatable bonds is 8. The Labute approximate surface area is 144 Å². The van der Waals surface area contributed by atoms with Crippen molar-refractivity contribution in [2.75, 3.05) is 0 Å². The van der Waals surface area contributed by atoms with E-state index < -0.39 is 23.6 Å². The van der Waals surface area contributed by atoms with Gasteiger partial charge in [0.15, 0.2) is 11.6 Å². The van der Waals surface area contributed by atoms with Crippen molar-refractivity contribution in [2.45, 2.75) is 31.7 Å². The Hall–Kier alpha value is -2.76.